The lowest BCUT2D eigenvalue weighted by Crippen LogP contribution is -2.32. The largest absolute Gasteiger partial charge is 0.324 e. The molecule has 4 rings (SSSR count). The van der Waals surface area contributed by atoms with E-state index < -0.39 is 0 Å². The van der Waals surface area contributed by atoms with Gasteiger partial charge in [0.15, 0.2) is 0 Å². The van der Waals surface area contributed by atoms with Crippen LogP contribution in [0.5, 0.6) is 0 Å². The van der Waals surface area contributed by atoms with Crippen LogP contribution in [0.3, 0.4) is 0 Å². The Bertz CT molecular complexity index is 989. The molecule has 1 aliphatic rings. The lowest BCUT2D eigenvalue weighted by atomic mass is 9.99. The second-order valence-electron chi connectivity index (χ2n) is 8.22. The number of hydrogen-bond acceptors (Lipinski definition) is 5. The molecule has 0 aliphatic carbocycles. The van der Waals surface area contributed by atoms with E-state index in [1.165, 1.54) is 28.8 Å². The van der Waals surface area contributed by atoms with Gasteiger partial charge in [-0.3, -0.25) is 9.69 Å². The summed E-state index contributed by atoms with van der Waals surface area (Å²) in [4.78, 5) is 16.3. The highest BCUT2D eigenvalue weighted by molar-refractivity contribution is 5.90. The van der Waals surface area contributed by atoms with Crippen LogP contribution in [0.2, 0.25) is 0 Å². The lowest BCUT2D eigenvalue weighted by Gasteiger charge is -2.30. The number of likely N-dealkylation sites (tertiary alicyclic amines) is 1. The quantitative estimate of drug-likeness (QED) is 0.680. The minimum atomic E-state index is -0.174. The molecule has 1 fully saturated rings. The number of benzene rings is 2. The molecule has 1 aromatic heterocycles. The smallest absolute Gasteiger partial charge is 0.248 e. The van der Waals surface area contributed by atoms with Crippen molar-refractivity contribution in [3.8, 4) is 11.4 Å². The van der Waals surface area contributed by atoms with Gasteiger partial charge in [0.2, 0.25) is 11.7 Å². The van der Waals surface area contributed by atoms with E-state index in [0.717, 1.165) is 36.8 Å². The monoisotopic (exact) mass is 404 g/mol. The fourth-order valence-electron chi connectivity index (χ4n) is 3.68. The van der Waals surface area contributed by atoms with Crippen LogP contribution >= 0.6 is 0 Å². The Kier molecular flexibility index (Phi) is 6.18. The molecule has 30 heavy (non-hydrogen) atoms. The van der Waals surface area contributed by atoms with Gasteiger partial charge in [0.1, 0.15) is 6.54 Å². The van der Waals surface area contributed by atoms with E-state index >= 15 is 0 Å². The summed E-state index contributed by atoms with van der Waals surface area (Å²) in [6, 6.07) is 16.0. The molecule has 156 valence electrons. The van der Waals surface area contributed by atoms with Crippen molar-refractivity contribution >= 4 is 11.6 Å². The van der Waals surface area contributed by atoms with Crippen LogP contribution in [-0.2, 0) is 17.9 Å². The van der Waals surface area contributed by atoms with Crippen LogP contribution in [0.4, 0.5) is 5.69 Å². The average molecular weight is 405 g/mol. The zero-order chi connectivity index (χ0) is 20.9. The van der Waals surface area contributed by atoms with Gasteiger partial charge < -0.3 is 5.32 Å². The van der Waals surface area contributed by atoms with Crippen LogP contribution in [-0.4, -0.2) is 44.1 Å². The van der Waals surface area contributed by atoms with E-state index in [0.29, 0.717) is 5.82 Å². The maximum Gasteiger partial charge on any atom is 0.248 e. The first-order valence-electron chi connectivity index (χ1n) is 10.5. The first kappa shape index (κ1) is 20.2. The number of carbonyl (C=O) groups excluding carboxylic acids is 1. The van der Waals surface area contributed by atoms with Crippen LogP contribution < -0.4 is 5.32 Å². The lowest BCUT2D eigenvalue weighted by molar-refractivity contribution is -0.117. The Morgan fingerprint density at radius 2 is 1.90 bits per heavy atom. The Morgan fingerprint density at radius 3 is 2.67 bits per heavy atom. The summed E-state index contributed by atoms with van der Waals surface area (Å²) in [6.07, 6.45) is 2.51. The van der Waals surface area contributed by atoms with Crippen LogP contribution in [0.1, 0.15) is 30.9 Å². The van der Waals surface area contributed by atoms with Crippen molar-refractivity contribution in [1.82, 2.24) is 25.1 Å². The number of hydrogen-bond donors (Lipinski definition) is 1. The third-order valence-corrected chi connectivity index (χ3v) is 5.54. The number of nitrogens with one attached hydrogen (secondary N) is 1. The van der Waals surface area contributed by atoms with Crippen molar-refractivity contribution in [2.45, 2.75) is 39.8 Å². The van der Waals surface area contributed by atoms with Crippen LogP contribution in [0.15, 0.2) is 48.5 Å². The third-order valence-electron chi connectivity index (χ3n) is 5.54. The highest BCUT2D eigenvalue weighted by Crippen LogP contribution is 2.19. The number of tetrazole rings is 1. The minimum absolute atomic E-state index is 0.0209. The van der Waals surface area contributed by atoms with Crippen LogP contribution in [0.25, 0.3) is 11.4 Å². The van der Waals surface area contributed by atoms with E-state index in [1.807, 2.05) is 49.4 Å². The average Bonchev–Trinajstić information content (AvgIpc) is 3.19. The zero-order valence-corrected chi connectivity index (χ0v) is 17.6. The molecule has 7 nitrogen and oxygen atoms in total. The Morgan fingerprint density at radius 1 is 1.13 bits per heavy atom. The number of nitrogens with zero attached hydrogens (tertiary/aromatic N) is 5. The summed E-state index contributed by atoms with van der Waals surface area (Å²) in [5, 5.41) is 15.3. The van der Waals surface area contributed by atoms with Gasteiger partial charge in [0.25, 0.3) is 0 Å². The van der Waals surface area contributed by atoms with E-state index in [2.05, 4.69) is 38.6 Å². The van der Waals surface area contributed by atoms with E-state index in [4.69, 9.17) is 0 Å². The number of amides is 1. The summed E-state index contributed by atoms with van der Waals surface area (Å²) in [6.45, 7) is 7.56. The first-order valence-corrected chi connectivity index (χ1v) is 10.5. The number of piperidine rings is 1. The highest BCUT2D eigenvalue weighted by Gasteiger charge is 2.16. The summed E-state index contributed by atoms with van der Waals surface area (Å²) < 4.78 is 0. The maximum atomic E-state index is 12.5. The molecule has 3 aromatic rings. The predicted octanol–water partition coefficient (Wildman–Crippen LogP) is 3.52. The summed E-state index contributed by atoms with van der Waals surface area (Å²) in [5.41, 5.74) is 4.05. The molecule has 1 aliphatic heterocycles. The van der Waals surface area contributed by atoms with Gasteiger partial charge in [-0.1, -0.05) is 48.9 Å². The summed E-state index contributed by atoms with van der Waals surface area (Å²) in [7, 11) is 0. The van der Waals surface area contributed by atoms with Gasteiger partial charge >= 0.3 is 0 Å². The Hall–Kier alpha value is -3.06. The van der Waals surface area contributed by atoms with E-state index in [1.54, 1.807) is 0 Å². The SMILES string of the molecule is Cc1ccc(-c2nnn(CC(=O)Nc3cccc(CN4CCC(C)CC4)c3)n2)cc1. The molecular weight excluding hydrogens is 376 g/mol. The number of aryl methyl sites for hydroxylation is 1. The second kappa shape index (κ2) is 9.17. The normalized spacial score (nSPS) is 15.3. The van der Waals surface area contributed by atoms with Gasteiger partial charge in [0.05, 0.1) is 0 Å². The molecule has 2 heterocycles. The van der Waals surface area contributed by atoms with Gasteiger partial charge in [-0.2, -0.15) is 4.80 Å². The molecule has 0 unspecified atom stereocenters. The number of aromatic nitrogens is 4. The van der Waals surface area contributed by atoms with Crippen molar-refractivity contribution < 1.29 is 4.79 Å². The molecular formula is C23H28N6O. The molecule has 1 saturated heterocycles. The second-order valence-corrected chi connectivity index (χ2v) is 8.22. The van der Waals surface area contributed by atoms with Crippen molar-refractivity contribution in [3.63, 3.8) is 0 Å². The molecule has 1 N–H and O–H groups in total. The molecule has 0 spiro atoms. The fourth-order valence-corrected chi connectivity index (χ4v) is 3.68. The van der Waals surface area contributed by atoms with Gasteiger partial charge in [0, 0.05) is 17.8 Å². The molecule has 0 bridgehead atoms. The maximum absolute atomic E-state index is 12.5. The molecule has 0 saturated carbocycles. The standard InChI is InChI=1S/C23H28N6O/c1-17-6-8-20(9-7-17)23-25-27-29(26-23)16-22(30)24-21-5-3-4-19(14-21)15-28-12-10-18(2)11-13-28/h3-9,14,18H,10-13,15-16H2,1-2H3,(H,24,30). The third kappa shape index (κ3) is 5.30. The Balaban J connectivity index is 1.33. The topological polar surface area (TPSA) is 75.9 Å². The fraction of sp³-hybridized carbons (Fsp3) is 0.391. The molecule has 7 heteroatoms. The number of anilines is 1. The molecule has 0 atom stereocenters. The summed E-state index contributed by atoms with van der Waals surface area (Å²) >= 11 is 0. The van der Waals surface area contributed by atoms with Crippen molar-refractivity contribution in [2.24, 2.45) is 5.92 Å². The van der Waals surface area contributed by atoms with E-state index in [-0.39, 0.29) is 12.5 Å². The van der Waals surface area contributed by atoms with Gasteiger partial charge in [-0.25, -0.2) is 0 Å². The molecule has 2 aromatic carbocycles. The predicted molar refractivity (Wildman–Crippen MR) is 117 cm³/mol. The molecule has 0 radical (unpaired) electrons. The first-order chi connectivity index (χ1) is 14.5. The van der Waals surface area contributed by atoms with Gasteiger partial charge in [-0.15, -0.1) is 10.2 Å². The van der Waals surface area contributed by atoms with Gasteiger partial charge in [-0.05, 0) is 61.7 Å². The van der Waals surface area contributed by atoms with Crippen LogP contribution in [0, 0.1) is 12.8 Å². The number of carbonyl (C=O) groups is 1. The molecule has 1 amide bonds. The van der Waals surface area contributed by atoms with E-state index in [9.17, 15) is 4.79 Å². The minimum Gasteiger partial charge on any atom is -0.324 e. The van der Waals surface area contributed by atoms with Crippen molar-refractivity contribution in [1.29, 1.82) is 0 Å². The van der Waals surface area contributed by atoms with Crippen molar-refractivity contribution in [3.05, 3.63) is 59.7 Å². The van der Waals surface area contributed by atoms with Crippen molar-refractivity contribution in [2.75, 3.05) is 18.4 Å². The zero-order valence-electron chi connectivity index (χ0n) is 17.6. The Labute approximate surface area is 177 Å². The summed E-state index contributed by atoms with van der Waals surface area (Å²) in [5.74, 6) is 1.16. The number of rotatable bonds is 6. The highest BCUT2D eigenvalue weighted by atomic mass is 16.2.